The Balaban J connectivity index is 1.67. The molecule has 0 atom stereocenters. The van der Waals surface area contributed by atoms with Gasteiger partial charge in [-0.3, -0.25) is 4.79 Å². The second kappa shape index (κ2) is 8.65. The normalized spacial score (nSPS) is 15.3. The maximum absolute atomic E-state index is 13.3. The number of hydrogen-bond donors (Lipinski definition) is 1. The van der Waals surface area contributed by atoms with Crippen molar-refractivity contribution in [1.29, 1.82) is 0 Å². The van der Waals surface area contributed by atoms with Crippen LogP contribution in [0.4, 0.5) is 0 Å². The fraction of sp³-hybridized carbons (Fsp3) is 0.409. The molecule has 2 aromatic rings. The van der Waals surface area contributed by atoms with Gasteiger partial charge in [0.05, 0.1) is 4.90 Å². The van der Waals surface area contributed by atoms with E-state index in [9.17, 15) is 18.3 Å². The Bertz CT molecular complexity index is 1030. The number of nitrogens with zero attached hydrogens (tertiary/aromatic N) is 2. The fourth-order valence-electron chi connectivity index (χ4n) is 3.68. The van der Waals surface area contributed by atoms with E-state index in [0.29, 0.717) is 18.0 Å². The number of benzene rings is 2. The lowest BCUT2D eigenvalue weighted by Crippen LogP contribution is -2.51. The summed E-state index contributed by atoms with van der Waals surface area (Å²) in [6.07, 6.45) is 0. The number of carbonyl (C=O) groups is 1. The van der Waals surface area contributed by atoms with Crippen molar-refractivity contribution in [2.24, 2.45) is 0 Å². The molecule has 1 amide bonds. The number of aromatic hydroxyl groups is 1. The molecular weight excluding hydrogens is 404 g/mol. The average Bonchev–Trinajstić information content (AvgIpc) is 2.71. The van der Waals surface area contributed by atoms with Crippen LogP contribution >= 0.6 is 0 Å². The molecule has 30 heavy (non-hydrogen) atoms. The van der Waals surface area contributed by atoms with Gasteiger partial charge in [0.1, 0.15) is 0 Å². The number of amides is 1. The third-order valence-electron chi connectivity index (χ3n) is 5.70. The van der Waals surface area contributed by atoms with Gasteiger partial charge in [-0.1, -0.05) is 18.2 Å². The van der Waals surface area contributed by atoms with Crippen LogP contribution in [-0.2, 0) is 14.8 Å². The Morgan fingerprint density at radius 2 is 1.57 bits per heavy atom. The van der Waals surface area contributed by atoms with Crippen LogP contribution in [0.25, 0.3) is 0 Å². The molecular formula is C22H28N2O5S. The summed E-state index contributed by atoms with van der Waals surface area (Å²) in [7, 11) is -3.65. The van der Waals surface area contributed by atoms with Gasteiger partial charge in [0.25, 0.3) is 5.91 Å². The molecule has 0 bridgehead atoms. The third-order valence-corrected chi connectivity index (χ3v) is 7.88. The molecule has 8 heteroatoms. The third kappa shape index (κ3) is 4.29. The first-order valence-corrected chi connectivity index (χ1v) is 11.3. The van der Waals surface area contributed by atoms with E-state index >= 15 is 0 Å². The largest absolute Gasteiger partial charge is 0.504 e. The number of ether oxygens (including phenoxy) is 1. The van der Waals surface area contributed by atoms with Gasteiger partial charge in [-0.05, 0) is 62.1 Å². The molecule has 0 unspecified atom stereocenters. The van der Waals surface area contributed by atoms with Crippen molar-refractivity contribution in [2.75, 3.05) is 32.8 Å². The number of para-hydroxylation sites is 2. The monoisotopic (exact) mass is 432 g/mol. The van der Waals surface area contributed by atoms with E-state index in [1.54, 1.807) is 23.1 Å². The first-order chi connectivity index (χ1) is 14.1. The van der Waals surface area contributed by atoms with Crippen molar-refractivity contribution < 1.29 is 23.1 Å². The lowest BCUT2D eigenvalue weighted by atomic mass is 10.0. The average molecular weight is 433 g/mol. The molecule has 1 heterocycles. The summed E-state index contributed by atoms with van der Waals surface area (Å²) in [5.41, 5.74) is 3.44. The van der Waals surface area contributed by atoms with Crippen LogP contribution < -0.4 is 4.74 Å². The number of phenolic OH excluding ortho intramolecular Hbond substituents is 1. The van der Waals surface area contributed by atoms with Crippen LogP contribution in [0.1, 0.15) is 22.3 Å². The number of carbonyl (C=O) groups excluding carboxylic acids is 1. The topological polar surface area (TPSA) is 87.2 Å². The molecule has 7 nitrogen and oxygen atoms in total. The van der Waals surface area contributed by atoms with Crippen LogP contribution in [0.3, 0.4) is 0 Å². The number of aryl methyl sites for hydroxylation is 2. The first-order valence-electron chi connectivity index (χ1n) is 9.89. The summed E-state index contributed by atoms with van der Waals surface area (Å²) < 4.78 is 33.5. The van der Waals surface area contributed by atoms with E-state index < -0.39 is 10.0 Å². The molecule has 162 valence electrons. The Kier molecular flexibility index (Phi) is 6.38. The molecule has 0 aliphatic carbocycles. The number of rotatable bonds is 5. The second-order valence-electron chi connectivity index (χ2n) is 7.63. The van der Waals surface area contributed by atoms with E-state index in [1.165, 1.54) is 10.4 Å². The summed E-state index contributed by atoms with van der Waals surface area (Å²) in [6, 6.07) is 8.45. The van der Waals surface area contributed by atoms with Crippen molar-refractivity contribution in [2.45, 2.75) is 32.6 Å². The van der Waals surface area contributed by atoms with E-state index in [-0.39, 0.29) is 37.1 Å². The highest BCUT2D eigenvalue weighted by molar-refractivity contribution is 7.89. The molecule has 0 radical (unpaired) electrons. The van der Waals surface area contributed by atoms with E-state index in [0.717, 1.165) is 22.3 Å². The van der Waals surface area contributed by atoms with Crippen molar-refractivity contribution in [3.05, 3.63) is 52.6 Å². The van der Waals surface area contributed by atoms with Crippen LogP contribution in [0.2, 0.25) is 0 Å². The Morgan fingerprint density at radius 3 is 2.13 bits per heavy atom. The van der Waals surface area contributed by atoms with Gasteiger partial charge in [-0.15, -0.1) is 0 Å². The lowest BCUT2D eigenvalue weighted by molar-refractivity contribution is -0.134. The smallest absolute Gasteiger partial charge is 0.260 e. The van der Waals surface area contributed by atoms with Crippen molar-refractivity contribution in [3.8, 4) is 11.5 Å². The number of phenols is 1. The van der Waals surface area contributed by atoms with Gasteiger partial charge in [0, 0.05) is 26.2 Å². The molecule has 0 saturated carbocycles. The van der Waals surface area contributed by atoms with Gasteiger partial charge in [-0.2, -0.15) is 4.31 Å². The summed E-state index contributed by atoms with van der Waals surface area (Å²) >= 11 is 0. The maximum Gasteiger partial charge on any atom is 0.260 e. The van der Waals surface area contributed by atoms with Crippen LogP contribution in [0.5, 0.6) is 11.5 Å². The van der Waals surface area contributed by atoms with Gasteiger partial charge in [0.2, 0.25) is 10.0 Å². The van der Waals surface area contributed by atoms with Crippen molar-refractivity contribution >= 4 is 15.9 Å². The Hall–Kier alpha value is -2.58. The number of sulfonamides is 1. The molecule has 1 aliphatic heterocycles. The highest BCUT2D eigenvalue weighted by Gasteiger charge is 2.33. The minimum atomic E-state index is -3.65. The molecule has 0 spiro atoms. The van der Waals surface area contributed by atoms with Crippen molar-refractivity contribution in [3.63, 3.8) is 0 Å². The van der Waals surface area contributed by atoms with Gasteiger partial charge in [-0.25, -0.2) is 8.42 Å². The molecule has 0 aromatic heterocycles. The van der Waals surface area contributed by atoms with E-state index in [4.69, 9.17) is 4.74 Å². The van der Waals surface area contributed by atoms with Crippen LogP contribution in [-0.4, -0.2) is 61.4 Å². The lowest BCUT2D eigenvalue weighted by Gasteiger charge is -2.34. The maximum atomic E-state index is 13.3. The molecule has 1 fully saturated rings. The zero-order valence-electron chi connectivity index (χ0n) is 17.8. The summed E-state index contributed by atoms with van der Waals surface area (Å²) in [6.45, 7) is 8.36. The molecule has 3 rings (SSSR count). The quantitative estimate of drug-likeness (QED) is 0.785. The number of piperazine rings is 1. The summed E-state index contributed by atoms with van der Waals surface area (Å²) in [5, 5.41) is 9.73. The summed E-state index contributed by atoms with van der Waals surface area (Å²) in [4.78, 5) is 14.4. The standard InChI is InChI=1S/C22H28N2O5S/c1-15-13-16(2)18(4)22(17(15)3)30(27,28)24-11-9-23(10-12-24)21(26)14-29-20-8-6-5-7-19(20)25/h5-8,13,25H,9-12,14H2,1-4H3. The predicted molar refractivity (Wildman–Crippen MR) is 114 cm³/mol. The minimum absolute atomic E-state index is 0.0274. The Labute approximate surface area is 177 Å². The zero-order valence-corrected chi connectivity index (χ0v) is 18.6. The van der Waals surface area contributed by atoms with Crippen LogP contribution in [0.15, 0.2) is 35.2 Å². The van der Waals surface area contributed by atoms with E-state index in [1.807, 2.05) is 33.8 Å². The second-order valence-corrected chi connectivity index (χ2v) is 9.51. The van der Waals surface area contributed by atoms with Crippen molar-refractivity contribution in [1.82, 2.24) is 9.21 Å². The first kappa shape index (κ1) is 22.1. The van der Waals surface area contributed by atoms with Gasteiger partial charge < -0.3 is 14.7 Å². The van der Waals surface area contributed by atoms with Gasteiger partial charge >= 0.3 is 0 Å². The molecule has 2 aromatic carbocycles. The van der Waals surface area contributed by atoms with Crippen LogP contribution in [0, 0.1) is 27.7 Å². The summed E-state index contributed by atoms with van der Waals surface area (Å²) in [5.74, 6) is -0.0257. The van der Waals surface area contributed by atoms with Gasteiger partial charge in [0.15, 0.2) is 18.1 Å². The van der Waals surface area contributed by atoms with E-state index in [2.05, 4.69) is 0 Å². The Morgan fingerprint density at radius 1 is 1.00 bits per heavy atom. The minimum Gasteiger partial charge on any atom is -0.504 e. The zero-order chi connectivity index (χ0) is 22.1. The molecule has 1 saturated heterocycles. The highest BCUT2D eigenvalue weighted by atomic mass is 32.2. The molecule has 1 N–H and O–H groups in total. The fourth-order valence-corrected chi connectivity index (χ4v) is 5.68. The molecule has 1 aliphatic rings. The SMILES string of the molecule is Cc1cc(C)c(C)c(S(=O)(=O)N2CCN(C(=O)COc3ccccc3O)CC2)c1C. The predicted octanol–water partition coefficient (Wildman–Crippen LogP) is 2.54. The number of hydrogen-bond acceptors (Lipinski definition) is 5. The highest BCUT2D eigenvalue weighted by Crippen LogP contribution is 2.29.